The van der Waals surface area contributed by atoms with Crippen molar-refractivity contribution in [2.75, 3.05) is 5.73 Å². The van der Waals surface area contributed by atoms with Gasteiger partial charge in [-0.25, -0.2) is 9.37 Å². The van der Waals surface area contributed by atoms with Gasteiger partial charge < -0.3 is 10.3 Å². The molecule has 3 rings (SSSR count). The van der Waals surface area contributed by atoms with Crippen LogP contribution in [0.2, 0.25) is 0 Å². The standard InChI is InChI=1S/C16H16FN3/c17-13-8-9-15-14(11-13)19-16(18)20(15)10-4-7-12-5-2-1-3-6-12/h1-3,5-6,8-9,11H,4,7,10H2,(H2,18,19). The van der Waals surface area contributed by atoms with E-state index in [1.54, 1.807) is 6.07 Å². The zero-order valence-electron chi connectivity index (χ0n) is 11.1. The van der Waals surface area contributed by atoms with Gasteiger partial charge in [-0.3, -0.25) is 0 Å². The van der Waals surface area contributed by atoms with Crippen LogP contribution in [0.4, 0.5) is 10.3 Å². The molecule has 0 spiro atoms. The third-order valence-corrected chi connectivity index (χ3v) is 3.43. The van der Waals surface area contributed by atoms with Crippen molar-refractivity contribution in [1.82, 2.24) is 9.55 Å². The lowest BCUT2D eigenvalue weighted by Gasteiger charge is -2.06. The highest BCUT2D eigenvalue weighted by molar-refractivity contribution is 5.78. The summed E-state index contributed by atoms with van der Waals surface area (Å²) in [6.07, 6.45) is 1.96. The number of hydrogen-bond donors (Lipinski definition) is 1. The van der Waals surface area contributed by atoms with Gasteiger partial charge in [-0.1, -0.05) is 30.3 Å². The fourth-order valence-corrected chi connectivity index (χ4v) is 2.44. The van der Waals surface area contributed by atoms with Crippen LogP contribution < -0.4 is 5.73 Å². The van der Waals surface area contributed by atoms with Crippen LogP contribution >= 0.6 is 0 Å². The van der Waals surface area contributed by atoms with Crippen LogP contribution in [-0.2, 0) is 13.0 Å². The third-order valence-electron chi connectivity index (χ3n) is 3.43. The van der Waals surface area contributed by atoms with Crippen LogP contribution in [-0.4, -0.2) is 9.55 Å². The predicted octanol–water partition coefficient (Wildman–Crippen LogP) is 3.39. The third kappa shape index (κ3) is 2.50. The van der Waals surface area contributed by atoms with Gasteiger partial charge in [0, 0.05) is 12.6 Å². The van der Waals surface area contributed by atoms with Gasteiger partial charge in [0.2, 0.25) is 5.95 Å². The van der Waals surface area contributed by atoms with Crippen LogP contribution in [0.15, 0.2) is 48.5 Å². The van der Waals surface area contributed by atoms with E-state index in [0.29, 0.717) is 11.5 Å². The first-order valence-electron chi connectivity index (χ1n) is 6.69. The maximum absolute atomic E-state index is 13.2. The summed E-state index contributed by atoms with van der Waals surface area (Å²) < 4.78 is 15.1. The average Bonchev–Trinajstić information content (AvgIpc) is 2.75. The van der Waals surface area contributed by atoms with Crippen LogP contribution in [0.25, 0.3) is 11.0 Å². The summed E-state index contributed by atoms with van der Waals surface area (Å²) in [6.45, 7) is 0.781. The SMILES string of the molecule is Nc1nc2cc(F)ccc2n1CCCc1ccccc1. The molecule has 0 aliphatic heterocycles. The van der Waals surface area contributed by atoms with Gasteiger partial charge in [0.1, 0.15) is 5.82 Å². The molecule has 0 bridgehead atoms. The van der Waals surface area contributed by atoms with E-state index in [4.69, 9.17) is 5.73 Å². The lowest BCUT2D eigenvalue weighted by molar-refractivity contribution is 0.628. The number of anilines is 1. The van der Waals surface area contributed by atoms with E-state index in [9.17, 15) is 4.39 Å². The minimum Gasteiger partial charge on any atom is -0.369 e. The molecule has 0 fully saturated rings. The lowest BCUT2D eigenvalue weighted by Crippen LogP contribution is -2.04. The minimum atomic E-state index is -0.286. The Balaban J connectivity index is 1.76. The van der Waals surface area contributed by atoms with Crippen molar-refractivity contribution >= 4 is 17.0 Å². The van der Waals surface area contributed by atoms with Crippen molar-refractivity contribution in [3.8, 4) is 0 Å². The highest BCUT2D eigenvalue weighted by atomic mass is 19.1. The number of nitrogens with zero attached hydrogens (tertiary/aromatic N) is 2. The summed E-state index contributed by atoms with van der Waals surface area (Å²) in [5.74, 6) is 0.157. The van der Waals surface area contributed by atoms with Crippen LogP contribution in [0.3, 0.4) is 0 Å². The number of nitrogen functional groups attached to an aromatic ring is 1. The number of imidazole rings is 1. The Hall–Kier alpha value is -2.36. The summed E-state index contributed by atoms with van der Waals surface area (Å²) in [5, 5.41) is 0. The molecule has 0 unspecified atom stereocenters. The number of hydrogen-bond acceptors (Lipinski definition) is 2. The molecular formula is C16H16FN3. The Kier molecular flexibility index (Phi) is 3.37. The van der Waals surface area contributed by atoms with E-state index >= 15 is 0 Å². The zero-order valence-corrected chi connectivity index (χ0v) is 11.1. The number of nitrogens with two attached hydrogens (primary N) is 1. The second-order valence-electron chi connectivity index (χ2n) is 4.84. The van der Waals surface area contributed by atoms with Gasteiger partial charge in [0.25, 0.3) is 0 Å². The van der Waals surface area contributed by atoms with Crippen molar-refractivity contribution in [1.29, 1.82) is 0 Å². The molecule has 3 aromatic rings. The lowest BCUT2D eigenvalue weighted by atomic mass is 10.1. The van der Waals surface area contributed by atoms with Gasteiger partial charge in [-0.2, -0.15) is 0 Å². The highest BCUT2D eigenvalue weighted by Crippen LogP contribution is 2.19. The highest BCUT2D eigenvalue weighted by Gasteiger charge is 2.08. The summed E-state index contributed by atoms with van der Waals surface area (Å²) in [6, 6.07) is 14.9. The quantitative estimate of drug-likeness (QED) is 0.789. The van der Waals surface area contributed by atoms with Crippen molar-refractivity contribution in [2.24, 2.45) is 0 Å². The molecule has 1 heterocycles. The molecule has 1 aromatic heterocycles. The summed E-state index contributed by atoms with van der Waals surface area (Å²) in [4.78, 5) is 4.20. The monoisotopic (exact) mass is 269 g/mol. The van der Waals surface area contributed by atoms with Gasteiger partial charge >= 0.3 is 0 Å². The Morgan fingerprint density at radius 1 is 1.10 bits per heavy atom. The second kappa shape index (κ2) is 5.33. The molecule has 20 heavy (non-hydrogen) atoms. The molecule has 0 atom stereocenters. The molecule has 0 saturated heterocycles. The van der Waals surface area contributed by atoms with E-state index in [0.717, 1.165) is 24.9 Å². The molecule has 3 nitrogen and oxygen atoms in total. The molecule has 2 N–H and O–H groups in total. The van der Waals surface area contributed by atoms with E-state index in [1.807, 2.05) is 22.8 Å². The maximum Gasteiger partial charge on any atom is 0.201 e. The molecule has 102 valence electrons. The molecule has 0 aliphatic carbocycles. The van der Waals surface area contributed by atoms with Crippen molar-refractivity contribution < 1.29 is 4.39 Å². The average molecular weight is 269 g/mol. The zero-order chi connectivity index (χ0) is 13.9. The number of halogens is 1. The molecular weight excluding hydrogens is 253 g/mol. The Bertz CT molecular complexity index is 719. The molecule has 0 aliphatic rings. The molecule has 0 amide bonds. The van der Waals surface area contributed by atoms with E-state index < -0.39 is 0 Å². The van der Waals surface area contributed by atoms with E-state index in [2.05, 4.69) is 17.1 Å². The van der Waals surface area contributed by atoms with Gasteiger partial charge in [-0.15, -0.1) is 0 Å². The Labute approximate surface area is 116 Å². The molecule has 2 aromatic carbocycles. The number of fused-ring (bicyclic) bond motifs is 1. The smallest absolute Gasteiger partial charge is 0.201 e. The van der Waals surface area contributed by atoms with Gasteiger partial charge in [0.05, 0.1) is 11.0 Å². The number of aromatic nitrogens is 2. The van der Waals surface area contributed by atoms with Crippen LogP contribution in [0.5, 0.6) is 0 Å². The first-order valence-corrected chi connectivity index (χ1v) is 6.69. The number of benzene rings is 2. The van der Waals surface area contributed by atoms with Crippen molar-refractivity contribution in [3.63, 3.8) is 0 Å². The predicted molar refractivity (Wildman–Crippen MR) is 78.9 cm³/mol. The molecule has 0 radical (unpaired) electrons. The van der Waals surface area contributed by atoms with E-state index in [-0.39, 0.29) is 5.82 Å². The maximum atomic E-state index is 13.2. The number of rotatable bonds is 4. The Morgan fingerprint density at radius 3 is 2.70 bits per heavy atom. The molecule has 0 saturated carbocycles. The second-order valence-corrected chi connectivity index (χ2v) is 4.84. The summed E-state index contributed by atoms with van der Waals surface area (Å²) in [5.41, 5.74) is 8.72. The molecule has 4 heteroatoms. The minimum absolute atomic E-state index is 0.286. The largest absolute Gasteiger partial charge is 0.369 e. The summed E-state index contributed by atoms with van der Waals surface area (Å²) in [7, 11) is 0. The topological polar surface area (TPSA) is 43.8 Å². The first kappa shape index (κ1) is 12.7. The van der Waals surface area contributed by atoms with Crippen molar-refractivity contribution in [2.45, 2.75) is 19.4 Å². The van der Waals surface area contributed by atoms with Gasteiger partial charge in [0.15, 0.2) is 0 Å². The van der Waals surface area contributed by atoms with Gasteiger partial charge in [-0.05, 0) is 30.5 Å². The van der Waals surface area contributed by atoms with Crippen LogP contribution in [0, 0.1) is 5.82 Å². The fraction of sp³-hybridized carbons (Fsp3) is 0.188. The van der Waals surface area contributed by atoms with Crippen LogP contribution in [0.1, 0.15) is 12.0 Å². The normalized spacial score (nSPS) is 11.1. The first-order chi connectivity index (χ1) is 9.74. The summed E-state index contributed by atoms with van der Waals surface area (Å²) >= 11 is 0. The fourth-order valence-electron chi connectivity index (χ4n) is 2.44. The van der Waals surface area contributed by atoms with Crippen molar-refractivity contribution in [3.05, 3.63) is 59.9 Å². The number of aryl methyl sites for hydroxylation is 2. The van der Waals surface area contributed by atoms with E-state index in [1.165, 1.54) is 17.7 Å². The Morgan fingerprint density at radius 2 is 1.90 bits per heavy atom.